The Balaban J connectivity index is 3.31. The van der Waals surface area contributed by atoms with Crippen LogP contribution in [0.3, 0.4) is 0 Å². The number of ether oxygens (including phenoxy) is 1. The quantitative estimate of drug-likeness (QED) is 0.518. The molecule has 0 saturated carbocycles. The molecule has 2 atom stereocenters. The zero-order valence-electron chi connectivity index (χ0n) is 8.44. The SMILES string of the molecule is CC(C)CC(O)COCC(O)CN. The summed E-state index contributed by atoms with van der Waals surface area (Å²) in [5.74, 6) is 0.457. The summed E-state index contributed by atoms with van der Waals surface area (Å²) in [5, 5.41) is 18.4. The van der Waals surface area contributed by atoms with Gasteiger partial charge >= 0.3 is 0 Å². The minimum absolute atomic E-state index is 0.195. The lowest BCUT2D eigenvalue weighted by molar-refractivity contribution is -0.0103. The van der Waals surface area contributed by atoms with Crippen LogP contribution in [0.15, 0.2) is 0 Å². The molecule has 0 aliphatic heterocycles. The minimum atomic E-state index is -0.619. The largest absolute Gasteiger partial charge is 0.391 e. The molecule has 0 aromatic carbocycles. The molecule has 0 aromatic heterocycles. The number of aliphatic hydroxyl groups is 2. The molecule has 0 fully saturated rings. The van der Waals surface area contributed by atoms with E-state index in [-0.39, 0.29) is 19.8 Å². The van der Waals surface area contributed by atoms with Gasteiger partial charge in [0.1, 0.15) is 0 Å². The third-order valence-corrected chi connectivity index (χ3v) is 1.64. The molecule has 0 aliphatic carbocycles. The molecule has 0 heterocycles. The fourth-order valence-corrected chi connectivity index (χ4v) is 1.02. The zero-order valence-corrected chi connectivity index (χ0v) is 8.44. The summed E-state index contributed by atoms with van der Waals surface area (Å²) in [4.78, 5) is 0. The lowest BCUT2D eigenvalue weighted by atomic mass is 10.1. The lowest BCUT2D eigenvalue weighted by Crippen LogP contribution is -2.27. The van der Waals surface area contributed by atoms with Gasteiger partial charge < -0.3 is 20.7 Å². The Bertz CT molecular complexity index is 119. The Kier molecular flexibility index (Phi) is 7.17. The lowest BCUT2D eigenvalue weighted by Gasteiger charge is -2.14. The predicted octanol–water partition coefficient (Wildman–Crippen LogP) is -0.270. The Hall–Kier alpha value is -0.160. The van der Waals surface area contributed by atoms with Gasteiger partial charge in [-0.1, -0.05) is 13.8 Å². The summed E-state index contributed by atoms with van der Waals surface area (Å²) in [5.41, 5.74) is 5.18. The molecule has 2 unspecified atom stereocenters. The van der Waals surface area contributed by atoms with E-state index in [9.17, 15) is 5.11 Å². The van der Waals surface area contributed by atoms with Crippen molar-refractivity contribution in [3.63, 3.8) is 0 Å². The van der Waals surface area contributed by atoms with Crippen molar-refractivity contribution in [1.29, 1.82) is 0 Å². The van der Waals surface area contributed by atoms with Gasteiger partial charge in [-0.3, -0.25) is 0 Å². The minimum Gasteiger partial charge on any atom is -0.391 e. The highest BCUT2D eigenvalue weighted by Gasteiger charge is 2.08. The van der Waals surface area contributed by atoms with Crippen LogP contribution in [0, 0.1) is 5.92 Å². The summed E-state index contributed by atoms with van der Waals surface area (Å²) in [6.07, 6.45) is -0.338. The number of nitrogens with two attached hydrogens (primary N) is 1. The summed E-state index contributed by atoms with van der Waals surface area (Å²) in [6.45, 7) is 4.75. The van der Waals surface area contributed by atoms with Gasteiger partial charge in [-0.15, -0.1) is 0 Å². The van der Waals surface area contributed by atoms with E-state index in [0.717, 1.165) is 6.42 Å². The van der Waals surface area contributed by atoms with Crippen molar-refractivity contribution in [1.82, 2.24) is 0 Å². The molecule has 4 nitrogen and oxygen atoms in total. The van der Waals surface area contributed by atoms with Gasteiger partial charge in [0, 0.05) is 6.54 Å². The highest BCUT2D eigenvalue weighted by Crippen LogP contribution is 2.04. The van der Waals surface area contributed by atoms with Crippen molar-refractivity contribution < 1.29 is 14.9 Å². The molecule has 0 saturated heterocycles. The van der Waals surface area contributed by atoms with E-state index in [1.807, 2.05) is 13.8 Å². The van der Waals surface area contributed by atoms with Gasteiger partial charge in [-0.2, -0.15) is 0 Å². The van der Waals surface area contributed by atoms with Gasteiger partial charge in [0.05, 0.1) is 25.4 Å². The number of hydrogen-bond acceptors (Lipinski definition) is 4. The molecule has 13 heavy (non-hydrogen) atoms. The van der Waals surface area contributed by atoms with Crippen LogP contribution in [0.2, 0.25) is 0 Å². The number of rotatable bonds is 7. The van der Waals surface area contributed by atoms with Crippen LogP contribution in [-0.2, 0) is 4.74 Å². The maximum absolute atomic E-state index is 9.37. The van der Waals surface area contributed by atoms with Crippen molar-refractivity contribution >= 4 is 0 Å². The first-order valence-electron chi connectivity index (χ1n) is 4.70. The summed E-state index contributed by atoms with van der Waals surface area (Å²) >= 11 is 0. The molecular formula is C9H21NO3. The van der Waals surface area contributed by atoms with Crippen LogP contribution in [0.5, 0.6) is 0 Å². The average molecular weight is 191 g/mol. The molecule has 0 radical (unpaired) electrons. The van der Waals surface area contributed by atoms with Crippen molar-refractivity contribution in [2.24, 2.45) is 11.7 Å². The van der Waals surface area contributed by atoms with E-state index in [2.05, 4.69) is 0 Å². The maximum atomic E-state index is 9.37. The highest BCUT2D eigenvalue weighted by atomic mass is 16.5. The van der Waals surface area contributed by atoms with Gasteiger partial charge in [0.15, 0.2) is 0 Å². The van der Waals surface area contributed by atoms with E-state index in [0.29, 0.717) is 5.92 Å². The summed E-state index contributed by atoms with van der Waals surface area (Å²) < 4.78 is 5.07. The van der Waals surface area contributed by atoms with Crippen molar-refractivity contribution in [2.75, 3.05) is 19.8 Å². The highest BCUT2D eigenvalue weighted by molar-refractivity contribution is 4.58. The molecule has 80 valence electrons. The van der Waals surface area contributed by atoms with E-state index >= 15 is 0 Å². The fraction of sp³-hybridized carbons (Fsp3) is 1.00. The molecular weight excluding hydrogens is 170 g/mol. The van der Waals surface area contributed by atoms with E-state index in [1.165, 1.54) is 0 Å². The molecule has 0 amide bonds. The maximum Gasteiger partial charge on any atom is 0.0895 e. The van der Waals surface area contributed by atoms with E-state index in [1.54, 1.807) is 0 Å². The monoisotopic (exact) mass is 191 g/mol. The standard InChI is InChI=1S/C9H21NO3/c1-7(2)3-8(11)5-13-6-9(12)4-10/h7-9,11-12H,3-6,10H2,1-2H3. The molecule has 0 aliphatic rings. The van der Waals surface area contributed by atoms with Crippen LogP contribution in [0.25, 0.3) is 0 Å². The summed E-state index contributed by atoms with van der Waals surface area (Å²) in [6, 6.07) is 0. The van der Waals surface area contributed by atoms with Gasteiger partial charge in [-0.05, 0) is 12.3 Å². The Morgan fingerprint density at radius 3 is 2.15 bits per heavy atom. The first-order valence-corrected chi connectivity index (χ1v) is 4.70. The third-order valence-electron chi connectivity index (χ3n) is 1.64. The number of hydrogen-bond donors (Lipinski definition) is 3. The Labute approximate surface area is 79.7 Å². The van der Waals surface area contributed by atoms with Gasteiger partial charge in [0.2, 0.25) is 0 Å². The normalized spacial score (nSPS) is 16.2. The second-order valence-corrected chi connectivity index (χ2v) is 3.71. The Morgan fingerprint density at radius 1 is 1.15 bits per heavy atom. The Morgan fingerprint density at radius 2 is 1.69 bits per heavy atom. The van der Waals surface area contributed by atoms with Crippen LogP contribution in [0.4, 0.5) is 0 Å². The average Bonchev–Trinajstić information content (AvgIpc) is 2.02. The van der Waals surface area contributed by atoms with Gasteiger partial charge in [0.25, 0.3) is 0 Å². The van der Waals surface area contributed by atoms with E-state index in [4.69, 9.17) is 15.6 Å². The fourth-order valence-electron chi connectivity index (χ4n) is 1.02. The van der Waals surface area contributed by atoms with Crippen LogP contribution < -0.4 is 5.73 Å². The number of aliphatic hydroxyl groups excluding tert-OH is 2. The first kappa shape index (κ1) is 12.8. The molecule has 0 spiro atoms. The van der Waals surface area contributed by atoms with Crippen molar-refractivity contribution in [3.8, 4) is 0 Å². The van der Waals surface area contributed by atoms with Gasteiger partial charge in [-0.25, -0.2) is 0 Å². The predicted molar refractivity (Wildman–Crippen MR) is 51.3 cm³/mol. The molecule has 4 N–H and O–H groups in total. The molecule has 0 bridgehead atoms. The second-order valence-electron chi connectivity index (χ2n) is 3.71. The molecule has 0 rings (SSSR count). The zero-order chi connectivity index (χ0) is 10.3. The van der Waals surface area contributed by atoms with Crippen LogP contribution in [-0.4, -0.2) is 42.2 Å². The van der Waals surface area contributed by atoms with Crippen LogP contribution in [0.1, 0.15) is 20.3 Å². The van der Waals surface area contributed by atoms with Crippen molar-refractivity contribution in [2.45, 2.75) is 32.5 Å². The third kappa shape index (κ3) is 8.18. The molecule has 4 heteroatoms. The topological polar surface area (TPSA) is 75.7 Å². The van der Waals surface area contributed by atoms with Crippen LogP contribution >= 0.6 is 0 Å². The first-order chi connectivity index (χ1) is 6.06. The molecule has 0 aromatic rings. The smallest absolute Gasteiger partial charge is 0.0895 e. The second kappa shape index (κ2) is 7.26. The van der Waals surface area contributed by atoms with Crippen molar-refractivity contribution in [3.05, 3.63) is 0 Å². The summed E-state index contributed by atoms with van der Waals surface area (Å²) in [7, 11) is 0. The van der Waals surface area contributed by atoms with E-state index < -0.39 is 12.2 Å².